The molecule has 0 aromatic heterocycles. The molecule has 0 radical (unpaired) electrons. The van der Waals surface area contributed by atoms with E-state index in [9.17, 15) is 16.8 Å². The van der Waals surface area contributed by atoms with Gasteiger partial charge in [-0.1, -0.05) is 30.7 Å². The van der Waals surface area contributed by atoms with Crippen molar-refractivity contribution in [3.8, 4) is 0 Å². The van der Waals surface area contributed by atoms with Gasteiger partial charge in [0.2, 0.25) is 20.0 Å². The minimum atomic E-state index is -3.75. The van der Waals surface area contributed by atoms with E-state index >= 15 is 0 Å². The third-order valence-electron chi connectivity index (χ3n) is 5.75. The quantitative estimate of drug-likeness (QED) is 0.783. The Balaban J connectivity index is 1.54. The molecule has 2 aromatic carbocycles. The summed E-state index contributed by atoms with van der Waals surface area (Å²) >= 11 is 0. The van der Waals surface area contributed by atoms with Gasteiger partial charge in [0.15, 0.2) is 0 Å². The van der Waals surface area contributed by atoms with E-state index in [1.165, 1.54) is 34.1 Å². The second-order valence-electron chi connectivity index (χ2n) is 7.70. The van der Waals surface area contributed by atoms with Crippen molar-refractivity contribution in [1.82, 2.24) is 9.03 Å². The summed E-state index contributed by atoms with van der Waals surface area (Å²) in [5.74, 6) is 0. The highest BCUT2D eigenvalue weighted by molar-refractivity contribution is 7.89. The number of hydrogen-bond donors (Lipinski definition) is 1. The molecule has 2 aromatic rings. The molecular formula is C21H26N2O4S2. The molecule has 1 atom stereocenters. The SMILES string of the molecule is O=S(=O)(NC1CCCc2ccccc21)c1ccc(S(=O)(=O)N2CCCCC2)cc1. The van der Waals surface area contributed by atoms with Crippen molar-refractivity contribution in [2.45, 2.75) is 54.4 Å². The van der Waals surface area contributed by atoms with Crippen molar-refractivity contribution in [2.75, 3.05) is 13.1 Å². The zero-order valence-electron chi connectivity index (χ0n) is 16.2. The average Bonchev–Trinajstić information content (AvgIpc) is 2.74. The molecule has 2 aliphatic rings. The summed E-state index contributed by atoms with van der Waals surface area (Å²) in [4.78, 5) is 0.222. The minimum Gasteiger partial charge on any atom is -0.207 e. The molecule has 1 aliphatic carbocycles. The van der Waals surface area contributed by atoms with Gasteiger partial charge in [-0.25, -0.2) is 21.6 Å². The normalized spacial score (nSPS) is 20.9. The van der Waals surface area contributed by atoms with Crippen molar-refractivity contribution < 1.29 is 16.8 Å². The van der Waals surface area contributed by atoms with Crippen LogP contribution < -0.4 is 4.72 Å². The number of hydrogen-bond acceptors (Lipinski definition) is 4. The summed E-state index contributed by atoms with van der Waals surface area (Å²) in [6.45, 7) is 1.04. The van der Waals surface area contributed by atoms with Crippen molar-refractivity contribution in [1.29, 1.82) is 0 Å². The van der Waals surface area contributed by atoms with Gasteiger partial charge in [-0.3, -0.25) is 0 Å². The van der Waals surface area contributed by atoms with E-state index in [0.717, 1.165) is 44.1 Å². The number of aryl methyl sites for hydroxylation is 1. The second kappa shape index (κ2) is 8.18. The fraction of sp³-hybridized carbons (Fsp3) is 0.429. The zero-order valence-corrected chi connectivity index (χ0v) is 17.9. The monoisotopic (exact) mass is 434 g/mol. The lowest BCUT2D eigenvalue weighted by Crippen LogP contribution is -2.35. The molecule has 156 valence electrons. The molecule has 1 saturated heterocycles. The molecule has 1 aliphatic heterocycles. The van der Waals surface area contributed by atoms with E-state index in [0.29, 0.717) is 13.1 Å². The van der Waals surface area contributed by atoms with Crippen LogP contribution in [0.25, 0.3) is 0 Å². The number of piperidine rings is 1. The standard InChI is InChI=1S/C21H26N2O4S2/c24-28(25,22-21-10-6-8-17-7-2-3-9-20(17)21)18-11-13-19(14-12-18)29(26,27)23-15-4-1-5-16-23/h2-3,7,9,11-14,21-22H,1,4-6,8,10,15-16H2. The van der Waals surface area contributed by atoms with E-state index in [1.54, 1.807) is 0 Å². The summed E-state index contributed by atoms with van der Waals surface area (Å²) < 4.78 is 55.6. The Kier molecular flexibility index (Phi) is 5.79. The lowest BCUT2D eigenvalue weighted by molar-refractivity contribution is 0.346. The molecule has 8 heteroatoms. The second-order valence-corrected chi connectivity index (χ2v) is 11.4. The van der Waals surface area contributed by atoms with Gasteiger partial charge in [0.05, 0.1) is 9.79 Å². The highest BCUT2D eigenvalue weighted by atomic mass is 32.2. The van der Waals surface area contributed by atoms with Crippen LogP contribution in [-0.2, 0) is 26.5 Å². The molecule has 1 heterocycles. The number of fused-ring (bicyclic) bond motifs is 1. The molecule has 1 N–H and O–H groups in total. The van der Waals surface area contributed by atoms with Gasteiger partial charge in [0, 0.05) is 19.1 Å². The van der Waals surface area contributed by atoms with E-state index in [4.69, 9.17) is 0 Å². The first-order valence-corrected chi connectivity index (χ1v) is 13.0. The van der Waals surface area contributed by atoms with Crippen LogP contribution in [0.4, 0.5) is 0 Å². The number of nitrogens with zero attached hydrogens (tertiary/aromatic N) is 1. The maximum absolute atomic E-state index is 12.9. The number of sulfonamides is 2. The average molecular weight is 435 g/mol. The van der Waals surface area contributed by atoms with Crippen molar-refractivity contribution in [3.05, 3.63) is 59.7 Å². The Hall–Kier alpha value is -1.74. The molecule has 1 fully saturated rings. The molecule has 0 spiro atoms. The van der Waals surface area contributed by atoms with Crippen molar-refractivity contribution in [3.63, 3.8) is 0 Å². The summed E-state index contributed by atoms with van der Waals surface area (Å²) in [6, 6.07) is 13.2. The predicted molar refractivity (Wildman–Crippen MR) is 111 cm³/mol. The molecule has 1 unspecified atom stereocenters. The van der Waals surface area contributed by atoms with Gasteiger partial charge in [-0.05, 0) is 67.5 Å². The topological polar surface area (TPSA) is 83.5 Å². The Morgan fingerprint density at radius 2 is 1.45 bits per heavy atom. The van der Waals surface area contributed by atoms with Crippen molar-refractivity contribution >= 4 is 20.0 Å². The lowest BCUT2D eigenvalue weighted by Gasteiger charge is -2.26. The first-order valence-electron chi connectivity index (χ1n) is 10.1. The van der Waals surface area contributed by atoms with Gasteiger partial charge in [-0.2, -0.15) is 4.31 Å². The first-order chi connectivity index (χ1) is 13.9. The van der Waals surface area contributed by atoms with Crippen LogP contribution in [0.3, 0.4) is 0 Å². The molecule has 29 heavy (non-hydrogen) atoms. The summed E-state index contributed by atoms with van der Waals surface area (Å²) in [7, 11) is -7.32. The number of rotatable bonds is 5. The summed E-state index contributed by atoms with van der Waals surface area (Å²) in [5, 5.41) is 0. The molecule has 0 amide bonds. The van der Waals surface area contributed by atoms with E-state index in [2.05, 4.69) is 4.72 Å². The Bertz CT molecular complexity index is 1070. The van der Waals surface area contributed by atoms with Gasteiger partial charge in [-0.15, -0.1) is 0 Å². The Morgan fingerprint density at radius 3 is 2.17 bits per heavy atom. The van der Waals surface area contributed by atoms with Crippen LogP contribution >= 0.6 is 0 Å². The maximum atomic E-state index is 12.9. The fourth-order valence-corrected chi connectivity index (χ4v) is 6.94. The predicted octanol–water partition coefficient (Wildman–Crippen LogP) is 3.22. The third kappa shape index (κ3) is 4.26. The number of benzene rings is 2. The van der Waals surface area contributed by atoms with Crippen LogP contribution in [0, 0.1) is 0 Å². The van der Waals surface area contributed by atoms with Gasteiger partial charge >= 0.3 is 0 Å². The first kappa shape index (κ1) is 20.5. The van der Waals surface area contributed by atoms with Crippen LogP contribution in [-0.4, -0.2) is 34.2 Å². The van der Waals surface area contributed by atoms with Crippen molar-refractivity contribution in [2.24, 2.45) is 0 Å². The Labute approximate surface area is 173 Å². The smallest absolute Gasteiger partial charge is 0.207 e. The minimum absolute atomic E-state index is 0.0816. The number of nitrogens with one attached hydrogen (secondary N) is 1. The van der Waals surface area contributed by atoms with Gasteiger partial charge in [0.25, 0.3) is 0 Å². The summed E-state index contributed by atoms with van der Waals surface area (Å²) in [6.07, 6.45) is 5.39. The summed E-state index contributed by atoms with van der Waals surface area (Å²) in [5.41, 5.74) is 2.20. The van der Waals surface area contributed by atoms with Crippen LogP contribution in [0.15, 0.2) is 58.3 Å². The van der Waals surface area contributed by atoms with Gasteiger partial charge < -0.3 is 0 Å². The third-order valence-corrected chi connectivity index (χ3v) is 9.15. The van der Waals surface area contributed by atoms with E-state index in [1.807, 2.05) is 24.3 Å². The van der Waals surface area contributed by atoms with Crippen LogP contribution in [0.2, 0.25) is 0 Å². The van der Waals surface area contributed by atoms with E-state index < -0.39 is 20.0 Å². The maximum Gasteiger partial charge on any atom is 0.243 e. The van der Waals surface area contributed by atoms with Gasteiger partial charge in [0.1, 0.15) is 0 Å². The molecule has 4 rings (SSSR count). The lowest BCUT2D eigenvalue weighted by atomic mass is 9.88. The molecule has 0 bridgehead atoms. The zero-order chi connectivity index (χ0) is 20.5. The Morgan fingerprint density at radius 1 is 0.793 bits per heavy atom. The fourth-order valence-electron chi connectivity index (χ4n) is 4.18. The van der Waals surface area contributed by atoms with Crippen LogP contribution in [0.5, 0.6) is 0 Å². The highest BCUT2D eigenvalue weighted by Gasteiger charge is 2.28. The highest BCUT2D eigenvalue weighted by Crippen LogP contribution is 2.31. The molecular weight excluding hydrogens is 408 g/mol. The van der Waals surface area contributed by atoms with Crippen LogP contribution in [0.1, 0.15) is 49.3 Å². The molecule has 6 nitrogen and oxygen atoms in total. The molecule has 0 saturated carbocycles. The largest absolute Gasteiger partial charge is 0.243 e. The van der Waals surface area contributed by atoms with E-state index in [-0.39, 0.29) is 15.8 Å².